The highest BCUT2D eigenvalue weighted by molar-refractivity contribution is 5.60. The van der Waals surface area contributed by atoms with Gasteiger partial charge in [-0.2, -0.15) is 0 Å². The summed E-state index contributed by atoms with van der Waals surface area (Å²) in [5.41, 5.74) is 0.416. The number of methoxy groups -OCH3 is 1. The van der Waals surface area contributed by atoms with Gasteiger partial charge < -0.3 is 14.2 Å². The summed E-state index contributed by atoms with van der Waals surface area (Å²) in [6, 6.07) is 0. The summed E-state index contributed by atoms with van der Waals surface area (Å²) < 4.78 is 16.8. The highest BCUT2D eigenvalue weighted by Gasteiger charge is 2.60. The summed E-state index contributed by atoms with van der Waals surface area (Å²) in [4.78, 5) is 12.2. The summed E-state index contributed by atoms with van der Waals surface area (Å²) in [6.07, 6.45) is 15.0. The van der Waals surface area contributed by atoms with E-state index in [0.717, 1.165) is 43.4 Å². The molecule has 0 amide bonds. The normalized spacial score (nSPS) is 45.8. The molecule has 164 valence electrons. The predicted molar refractivity (Wildman–Crippen MR) is 114 cm³/mol. The van der Waals surface area contributed by atoms with Crippen LogP contribution in [0.5, 0.6) is 0 Å². The van der Waals surface area contributed by atoms with Gasteiger partial charge in [0.05, 0.1) is 12.7 Å². The standard InChI is InChI=1S/C25H40O4/c1-5-6-15-28-23(26)29-22-10-9-20-19-8-7-17-16-18(27-4)11-13-24(17,2)21(19)12-14-25(20,22)3/h11,13,17-22H,5-10,12,14-16H2,1-4H3/t17-,18+,19-,20-,21-,22-,24-,25-/m0/s1. The molecule has 0 unspecified atom stereocenters. The van der Waals surface area contributed by atoms with Crippen LogP contribution in [0.15, 0.2) is 12.2 Å². The molecule has 3 saturated carbocycles. The molecule has 4 nitrogen and oxygen atoms in total. The third-order valence-electron chi connectivity index (χ3n) is 9.32. The first-order valence-corrected chi connectivity index (χ1v) is 12.0. The molecule has 0 radical (unpaired) electrons. The largest absolute Gasteiger partial charge is 0.508 e. The summed E-state index contributed by atoms with van der Waals surface area (Å²) in [6.45, 7) is 7.47. The number of allylic oxidation sites excluding steroid dienone is 1. The van der Waals surface area contributed by atoms with Crippen molar-refractivity contribution in [2.75, 3.05) is 13.7 Å². The first-order valence-electron chi connectivity index (χ1n) is 12.0. The van der Waals surface area contributed by atoms with E-state index in [2.05, 4.69) is 32.9 Å². The first kappa shape index (κ1) is 21.2. The summed E-state index contributed by atoms with van der Waals surface area (Å²) in [5.74, 6) is 2.91. The monoisotopic (exact) mass is 404 g/mol. The highest BCUT2D eigenvalue weighted by atomic mass is 16.7. The Morgan fingerprint density at radius 1 is 1.10 bits per heavy atom. The van der Waals surface area contributed by atoms with Gasteiger partial charge in [-0.05, 0) is 80.5 Å². The van der Waals surface area contributed by atoms with Crippen LogP contribution < -0.4 is 0 Å². The van der Waals surface area contributed by atoms with E-state index in [1.54, 1.807) is 0 Å². The minimum Gasteiger partial charge on any atom is -0.434 e. The van der Waals surface area contributed by atoms with Crippen LogP contribution >= 0.6 is 0 Å². The molecule has 29 heavy (non-hydrogen) atoms. The maximum Gasteiger partial charge on any atom is 0.508 e. The van der Waals surface area contributed by atoms with Gasteiger partial charge in [0, 0.05) is 12.5 Å². The zero-order valence-electron chi connectivity index (χ0n) is 18.8. The van der Waals surface area contributed by atoms with Crippen molar-refractivity contribution in [1.82, 2.24) is 0 Å². The Hall–Kier alpha value is -1.03. The van der Waals surface area contributed by atoms with E-state index in [4.69, 9.17) is 14.2 Å². The SMILES string of the molecule is CCCCOC(=O)O[C@H]1CC[C@H]2[C@@H]3CC[C@H]4C[C@H](OC)C=C[C@]4(C)[C@H]3CC[C@]12C. The summed E-state index contributed by atoms with van der Waals surface area (Å²) >= 11 is 0. The van der Waals surface area contributed by atoms with Gasteiger partial charge in [-0.1, -0.05) is 39.3 Å². The van der Waals surface area contributed by atoms with E-state index in [9.17, 15) is 4.79 Å². The number of rotatable bonds is 5. The van der Waals surface area contributed by atoms with Crippen molar-refractivity contribution in [3.05, 3.63) is 12.2 Å². The molecule has 3 fully saturated rings. The highest BCUT2D eigenvalue weighted by Crippen LogP contribution is 2.65. The molecular formula is C25H40O4. The molecule has 4 aliphatic carbocycles. The van der Waals surface area contributed by atoms with Gasteiger partial charge in [0.15, 0.2) is 0 Å². The third-order valence-corrected chi connectivity index (χ3v) is 9.32. The number of hydrogen-bond donors (Lipinski definition) is 0. The van der Waals surface area contributed by atoms with Crippen LogP contribution in [0.2, 0.25) is 0 Å². The van der Waals surface area contributed by atoms with Gasteiger partial charge in [0.1, 0.15) is 6.10 Å². The summed E-state index contributed by atoms with van der Waals surface area (Å²) in [7, 11) is 1.83. The Balaban J connectivity index is 1.46. The molecule has 0 aromatic rings. The molecule has 8 atom stereocenters. The van der Waals surface area contributed by atoms with Crippen molar-refractivity contribution < 1.29 is 19.0 Å². The lowest BCUT2D eigenvalue weighted by atomic mass is 9.46. The number of fused-ring (bicyclic) bond motifs is 5. The maximum absolute atomic E-state index is 12.2. The fraction of sp³-hybridized carbons (Fsp3) is 0.880. The summed E-state index contributed by atoms with van der Waals surface area (Å²) in [5, 5.41) is 0. The lowest BCUT2D eigenvalue weighted by Crippen LogP contribution is -2.53. The second-order valence-electron chi connectivity index (χ2n) is 10.6. The van der Waals surface area contributed by atoms with Gasteiger partial charge in [-0.15, -0.1) is 0 Å². The Kier molecular flexibility index (Phi) is 6.03. The maximum atomic E-state index is 12.2. The fourth-order valence-electron chi connectivity index (χ4n) is 7.55. The van der Waals surface area contributed by atoms with Crippen molar-refractivity contribution in [2.24, 2.45) is 34.5 Å². The smallest absolute Gasteiger partial charge is 0.434 e. The lowest BCUT2D eigenvalue weighted by Gasteiger charge is -2.59. The van der Waals surface area contributed by atoms with Crippen molar-refractivity contribution in [3.8, 4) is 0 Å². The molecule has 0 heterocycles. The number of ether oxygens (including phenoxy) is 3. The molecular weight excluding hydrogens is 364 g/mol. The molecule has 0 aliphatic heterocycles. The van der Waals surface area contributed by atoms with Crippen LogP contribution in [0, 0.1) is 34.5 Å². The Morgan fingerprint density at radius 2 is 1.93 bits per heavy atom. The molecule has 0 bridgehead atoms. The lowest BCUT2D eigenvalue weighted by molar-refractivity contribution is -0.108. The molecule has 0 N–H and O–H groups in total. The predicted octanol–water partition coefficient (Wildman–Crippen LogP) is 6.14. The number of carbonyl (C=O) groups excluding carboxylic acids is 1. The fourth-order valence-corrected chi connectivity index (χ4v) is 7.55. The van der Waals surface area contributed by atoms with E-state index in [0.29, 0.717) is 24.0 Å². The topological polar surface area (TPSA) is 44.8 Å². The number of hydrogen-bond acceptors (Lipinski definition) is 4. The molecule has 0 aromatic heterocycles. The second kappa shape index (κ2) is 8.24. The quantitative estimate of drug-likeness (QED) is 0.313. The van der Waals surface area contributed by atoms with Gasteiger partial charge in [0.25, 0.3) is 0 Å². The third kappa shape index (κ3) is 3.64. The van der Waals surface area contributed by atoms with Gasteiger partial charge in [-0.25, -0.2) is 4.79 Å². The minimum atomic E-state index is -0.455. The Bertz CT molecular complexity index is 630. The van der Waals surface area contributed by atoms with Crippen LogP contribution in [0.3, 0.4) is 0 Å². The van der Waals surface area contributed by atoms with Crippen molar-refractivity contribution >= 4 is 6.16 Å². The Labute approximate surface area is 176 Å². The van der Waals surface area contributed by atoms with E-state index in [1.165, 1.54) is 32.1 Å². The minimum absolute atomic E-state index is 0.0212. The zero-order chi connectivity index (χ0) is 20.6. The van der Waals surface area contributed by atoms with Crippen molar-refractivity contribution in [1.29, 1.82) is 0 Å². The molecule has 4 aliphatic rings. The first-order chi connectivity index (χ1) is 13.9. The van der Waals surface area contributed by atoms with Crippen molar-refractivity contribution in [3.63, 3.8) is 0 Å². The van der Waals surface area contributed by atoms with Gasteiger partial charge >= 0.3 is 6.16 Å². The van der Waals surface area contributed by atoms with Crippen LogP contribution in [-0.4, -0.2) is 32.1 Å². The average molecular weight is 405 g/mol. The second-order valence-corrected chi connectivity index (χ2v) is 10.6. The van der Waals surface area contributed by atoms with Crippen LogP contribution in [0.25, 0.3) is 0 Å². The van der Waals surface area contributed by atoms with E-state index in [1.807, 2.05) is 7.11 Å². The van der Waals surface area contributed by atoms with E-state index >= 15 is 0 Å². The molecule has 0 aromatic carbocycles. The molecule has 0 saturated heterocycles. The number of carbonyl (C=O) groups is 1. The molecule has 4 rings (SSSR count). The number of unbranched alkanes of at least 4 members (excludes halogenated alkanes) is 1. The van der Waals surface area contributed by atoms with E-state index in [-0.39, 0.29) is 11.5 Å². The molecule has 0 spiro atoms. The molecule has 4 heteroatoms. The van der Waals surface area contributed by atoms with Gasteiger partial charge in [0.2, 0.25) is 0 Å². The van der Waals surface area contributed by atoms with E-state index < -0.39 is 6.16 Å². The van der Waals surface area contributed by atoms with Crippen LogP contribution in [0.1, 0.15) is 78.6 Å². The van der Waals surface area contributed by atoms with Crippen molar-refractivity contribution in [2.45, 2.75) is 90.8 Å². The zero-order valence-corrected chi connectivity index (χ0v) is 18.8. The average Bonchev–Trinajstić information content (AvgIpc) is 3.04. The van der Waals surface area contributed by atoms with Crippen LogP contribution in [0.4, 0.5) is 4.79 Å². The van der Waals surface area contributed by atoms with Gasteiger partial charge in [-0.3, -0.25) is 0 Å². The Morgan fingerprint density at radius 3 is 2.69 bits per heavy atom. The van der Waals surface area contributed by atoms with Crippen LogP contribution in [-0.2, 0) is 14.2 Å².